The average molecular weight is 273 g/mol. The highest BCUT2D eigenvalue weighted by atomic mass is 16.5. The van der Waals surface area contributed by atoms with Crippen LogP contribution in [0.3, 0.4) is 0 Å². The van der Waals surface area contributed by atoms with Gasteiger partial charge in [0.05, 0.1) is 19.2 Å². The van der Waals surface area contributed by atoms with E-state index in [9.17, 15) is 9.59 Å². The number of rotatable bonds is 10. The molecule has 0 aliphatic heterocycles. The van der Waals surface area contributed by atoms with Crippen molar-refractivity contribution in [2.45, 2.75) is 45.7 Å². The number of ether oxygens (including phenoxy) is 1. The molecule has 0 spiro atoms. The monoisotopic (exact) mass is 273 g/mol. The van der Waals surface area contributed by atoms with E-state index in [0.29, 0.717) is 13.2 Å². The molecule has 0 radical (unpaired) electrons. The van der Waals surface area contributed by atoms with Crippen molar-refractivity contribution in [3.05, 3.63) is 0 Å². The van der Waals surface area contributed by atoms with Crippen LogP contribution in [0.2, 0.25) is 0 Å². The van der Waals surface area contributed by atoms with Gasteiger partial charge in [-0.05, 0) is 19.8 Å². The quantitative estimate of drug-likeness (QED) is 0.491. The molecular formula is C13H27N3O3. The van der Waals surface area contributed by atoms with E-state index in [2.05, 4.69) is 16.0 Å². The Kier molecular flexibility index (Phi) is 10.1. The topological polar surface area (TPSA) is 79.5 Å². The fourth-order valence-corrected chi connectivity index (χ4v) is 1.54. The largest absolute Gasteiger partial charge is 0.383 e. The molecule has 0 aliphatic carbocycles. The van der Waals surface area contributed by atoms with Crippen molar-refractivity contribution in [1.29, 1.82) is 0 Å². The second-order valence-corrected chi connectivity index (χ2v) is 4.47. The molecule has 112 valence electrons. The highest BCUT2D eigenvalue weighted by molar-refractivity contribution is 5.83. The van der Waals surface area contributed by atoms with Crippen LogP contribution in [0.25, 0.3) is 0 Å². The van der Waals surface area contributed by atoms with Gasteiger partial charge >= 0.3 is 0 Å². The van der Waals surface area contributed by atoms with E-state index in [1.54, 1.807) is 14.0 Å². The van der Waals surface area contributed by atoms with Gasteiger partial charge in [-0.1, -0.05) is 13.8 Å². The molecule has 0 aromatic carbocycles. The van der Waals surface area contributed by atoms with Crippen LogP contribution in [0.4, 0.5) is 0 Å². The Morgan fingerprint density at radius 1 is 1.21 bits per heavy atom. The molecule has 0 aromatic rings. The Hall–Kier alpha value is -1.14. The first-order valence-electron chi connectivity index (χ1n) is 6.84. The highest BCUT2D eigenvalue weighted by Crippen LogP contribution is 1.95. The van der Waals surface area contributed by atoms with Crippen molar-refractivity contribution in [3.63, 3.8) is 0 Å². The fourth-order valence-electron chi connectivity index (χ4n) is 1.54. The summed E-state index contributed by atoms with van der Waals surface area (Å²) >= 11 is 0. The summed E-state index contributed by atoms with van der Waals surface area (Å²) in [6, 6.07) is -0.190. The van der Waals surface area contributed by atoms with Gasteiger partial charge in [0.25, 0.3) is 0 Å². The molecule has 1 unspecified atom stereocenters. The van der Waals surface area contributed by atoms with Gasteiger partial charge < -0.3 is 15.4 Å². The first kappa shape index (κ1) is 17.9. The van der Waals surface area contributed by atoms with E-state index >= 15 is 0 Å². The second-order valence-electron chi connectivity index (χ2n) is 4.47. The van der Waals surface area contributed by atoms with E-state index in [1.807, 2.05) is 13.8 Å². The third-order valence-corrected chi connectivity index (χ3v) is 2.92. The SMILES string of the molecule is CCC(CC)NC(=O)CNC(C)C(=O)NCCOC. The number of carbonyl (C=O) groups excluding carboxylic acids is 2. The van der Waals surface area contributed by atoms with E-state index < -0.39 is 6.04 Å². The molecular weight excluding hydrogens is 246 g/mol. The molecule has 3 N–H and O–H groups in total. The number of hydrogen-bond donors (Lipinski definition) is 3. The van der Waals surface area contributed by atoms with Crippen molar-refractivity contribution in [2.24, 2.45) is 0 Å². The maximum Gasteiger partial charge on any atom is 0.236 e. The van der Waals surface area contributed by atoms with Gasteiger partial charge in [-0.25, -0.2) is 0 Å². The summed E-state index contributed by atoms with van der Waals surface area (Å²) < 4.78 is 4.84. The molecule has 0 fully saturated rings. The predicted molar refractivity (Wildman–Crippen MR) is 74.9 cm³/mol. The Morgan fingerprint density at radius 2 is 1.84 bits per heavy atom. The third kappa shape index (κ3) is 8.56. The molecule has 6 heteroatoms. The van der Waals surface area contributed by atoms with Crippen molar-refractivity contribution >= 4 is 11.8 Å². The normalized spacial score (nSPS) is 12.3. The minimum absolute atomic E-state index is 0.0785. The summed E-state index contributed by atoms with van der Waals surface area (Å²) in [5.74, 6) is -0.211. The molecule has 0 bridgehead atoms. The van der Waals surface area contributed by atoms with Gasteiger partial charge in [0.1, 0.15) is 0 Å². The van der Waals surface area contributed by atoms with Gasteiger partial charge in [0, 0.05) is 19.7 Å². The van der Waals surface area contributed by atoms with Crippen LogP contribution < -0.4 is 16.0 Å². The fraction of sp³-hybridized carbons (Fsp3) is 0.846. The minimum atomic E-state index is -0.399. The number of hydrogen-bond acceptors (Lipinski definition) is 4. The van der Waals surface area contributed by atoms with Gasteiger partial charge in [-0.3, -0.25) is 14.9 Å². The first-order chi connectivity index (χ1) is 9.04. The lowest BCUT2D eigenvalue weighted by Crippen LogP contribution is -2.47. The van der Waals surface area contributed by atoms with Gasteiger partial charge in [-0.15, -0.1) is 0 Å². The van der Waals surface area contributed by atoms with Crippen LogP contribution in [0.15, 0.2) is 0 Å². The maximum absolute atomic E-state index is 11.6. The van der Waals surface area contributed by atoms with E-state index in [0.717, 1.165) is 12.8 Å². The van der Waals surface area contributed by atoms with E-state index in [-0.39, 0.29) is 24.4 Å². The molecule has 0 saturated carbocycles. The van der Waals surface area contributed by atoms with Crippen LogP contribution in [-0.4, -0.2) is 50.7 Å². The minimum Gasteiger partial charge on any atom is -0.383 e. The van der Waals surface area contributed by atoms with Crippen molar-refractivity contribution in [2.75, 3.05) is 26.8 Å². The van der Waals surface area contributed by atoms with Crippen LogP contribution >= 0.6 is 0 Å². The van der Waals surface area contributed by atoms with E-state index in [4.69, 9.17) is 4.74 Å². The Morgan fingerprint density at radius 3 is 2.37 bits per heavy atom. The van der Waals surface area contributed by atoms with Crippen molar-refractivity contribution in [3.8, 4) is 0 Å². The lowest BCUT2D eigenvalue weighted by Gasteiger charge is -2.17. The van der Waals surface area contributed by atoms with Crippen LogP contribution in [0, 0.1) is 0 Å². The molecule has 0 rings (SSSR count). The Balaban J connectivity index is 3.85. The zero-order chi connectivity index (χ0) is 14.7. The number of nitrogens with one attached hydrogen (secondary N) is 3. The molecule has 0 aliphatic rings. The van der Waals surface area contributed by atoms with Gasteiger partial charge in [0.15, 0.2) is 0 Å². The van der Waals surface area contributed by atoms with Crippen LogP contribution in [-0.2, 0) is 14.3 Å². The summed E-state index contributed by atoms with van der Waals surface area (Å²) in [5.41, 5.74) is 0. The van der Waals surface area contributed by atoms with Crippen molar-refractivity contribution in [1.82, 2.24) is 16.0 Å². The Labute approximate surface area is 115 Å². The molecule has 0 saturated heterocycles. The molecule has 2 amide bonds. The van der Waals surface area contributed by atoms with E-state index in [1.165, 1.54) is 0 Å². The summed E-state index contributed by atoms with van der Waals surface area (Å²) in [5, 5.41) is 8.52. The predicted octanol–water partition coefficient (Wildman–Crippen LogP) is 0.0319. The summed E-state index contributed by atoms with van der Waals surface area (Å²) in [7, 11) is 1.58. The summed E-state index contributed by atoms with van der Waals surface area (Å²) in [4.78, 5) is 23.2. The summed E-state index contributed by atoms with van der Waals surface area (Å²) in [6.07, 6.45) is 1.82. The second kappa shape index (κ2) is 10.8. The number of carbonyl (C=O) groups is 2. The maximum atomic E-state index is 11.6. The lowest BCUT2D eigenvalue weighted by molar-refractivity contribution is -0.123. The first-order valence-corrected chi connectivity index (χ1v) is 6.84. The Bertz CT molecular complexity index is 268. The summed E-state index contributed by atoms with van der Waals surface area (Å²) in [6.45, 7) is 6.90. The number of methoxy groups -OCH3 is 1. The molecule has 0 aromatic heterocycles. The molecule has 19 heavy (non-hydrogen) atoms. The number of amides is 2. The highest BCUT2D eigenvalue weighted by Gasteiger charge is 2.14. The average Bonchev–Trinajstić information content (AvgIpc) is 2.42. The zero-order valence-corrected chi connectivity index (χ0v) is 12.4. The standard InChI is InChI=1S/C13H27N3O3/c1-5-11(6-2)16-12(17)9-15-10(3)13(18)14-7-8-19-4/h10-11,15H,5-9H2,1-4H3,(H,14,18)(H,16,17). The van der Waals surface area contributed by atoms with Crippen LogP contribution in [0.5, 0.6) is 0 Å². The smallest absolute Gasteiger partial charge is 0.236 e. The lowest BCUT2D eigenvalue weighted by atomic mass is 10.2. The third-order valence-electron chi connectivity index (χ3n) is 2.92. The zero-order valence-electron chi connectivity index (χ0n) is 12.4. The molecule has 6 nitrogen and oxygen atoms in total. The van der Waals surface area contributed by atoms with Gasteiger partial charge in [0.2, 0.25) is 11.8 Å². The molecule has 0 heterocycles. The molecule has 1 atom stereocenters. The van der Waals surface area contributed by atoms with Crippen molar-refractivity contribution < 1.29 is 14.3 Å². The van der Waals surface area contributed by atoms with Gasteiger partial charge in [-0.2, -0.15) is 0 Å². The van der Waals surface area contributed by atoms with Crippen LogP contribution in [0.1, 0.15) is 33.6 Å².